The number of imidazole rings is 1. The Morgan fingerprint density at radius 1 is 0.821 bits per heavy atom. The molecule has 28 heavy (non-hydrogen) atoms. The van der Waals surface area contributed by atoms with E-state index in [-0.39, 0.29) is 0 Å². The smallest absolute Gasteiger partial charge is 0.292 e. The molecule has 0 aliphatic heterocycles. The number of rotatable bonds is 1. The van der Waals surface area contributed by atoms with Gasteiger partial charge in [-0.2, -0.15) is 0 Å². The largest absolute Gasteiger partial charge is 0.456 e. The summed E-state index contributed by atoms with van der Waals surface area (Å²) in [6, 6.07) is 16.6. The molecular weight excluding hydrogens is 348 g/mol. The van der Waals surface area contributed by atoms with E-state index in [1.807, 2.05) is 18.2 Å². The normalized spacial score (nSPS) is 12.1. The van der Waals surface area contributed by atoms with E-state index in [0.717, 1.165) is 55.3 Å². The summed E-state index contributed by atoms with van der Waals surface area (Å²) in [6.45, 7) is 2.14. The predicted octanol–water partition coefficient (Wildman–Crippen LogP) is 5.62. The SMILES string of the molecule is Cc1ccc2c(oc3c2ccc2oc4ccccc4c23)c1-c1n(C)cc[n+]1C. The maximum absolute atomic E-state index is 6.59. The van der Waals surface area contributed by atoms with Gasteiger partial charge in [0.05, 0.1) is 19.5 Å². The number of aryl methyl sites for hydroxylation is 3. The van der Waals surface area contributed by atoms with Crippen molar-refractivity contribution in [3.05, 3.63) is 66.5 Å². The van der Waals surface area contributed by atoms with Gasteiger partial charge in [-0.1, -0.05) is 30.3 Å². The minimum Gasteiger partial charge on any atom is -0.456 e. The monoisotopic (exact) mass is 367 g/mol. The average Bonchev–Trinajstić information content (AvgIpc) is 3.35. The Kier molecular flexibility index (Phi) is 2.91. The third-order valence-corrected chi connectivity index (χ3v) is 5.76. The molecule has 0 saturated carbocycles. The van der Waals surface area contributed by atoms with Crippen molar-refractivity contribution >= 4 is 43.9 Å². The van der Waals surface area contributed by atoms with Crippen molar-refractivity contribution in [1.82, 2.24) is 4.57 Å². The summed E-state index contributed by atoms with van der Waals surface area (Å²) in [6.07, 6.45) is 4.14. The molecule has 0 unspecified atom stereocenters. The van der Waals surface area contributed by atoms with Crippen LogP contribution in [0.25, 0.3) is 55.3 Å². The fourth-order valence-corrected chi connectivity index (χ4v) is 4.43. The molecule has 0 N–H and O–H groups in total. The Bertz CT molecular complexity index is 1530. The zero-order valence-electron chi connectivity index (χ0n) is 16.0. The van der Waals surface area contributed by atoms with E-state index in [2.05, 4.69) is 72.9 Å². The first kappa shape index (κ1) is 15.5. The number of benzene rings is 3. The van der Waals surface area contributed by atoms with Crippen molar-refractivity contribution in [3.63, 3.8) is 0 Å². The lowest BCUT2D eigenvalue weighted by molar-refractivity contribution is -0.659. The van der Waals surface area contributed by atoms with Crippen LogP contribution < -0.4 is 4.57 Å². The zero-order valence-corrected chi connectivity index (χ0v) is 16.0. The minimum atomic E-state index is 0.857. The molecule has 3 heterocycles. The molecule has 4 heteroatoms. The van der Waals surface area contributed by atoms with Gasteiger partial charge in [-0.15, -0.1) is 0 Å². The lowest BCUT2D eigenvalue weighted by atomic mass is 10.0. The van der Waals surface area contributed by atoms with E-state index in [0.29, 0.717) is 0 Å². The standard InChI is InChI=1S/C24H19N2O2/c1-14-8-9-15-16-10-11-19-21(17-6-4-5-7-18(17)27-19)23(16)28-22(15)20(14)24-25(2)12-13-26(24)3/h4-13H,1-3H3/q+1. The second kappa shape index (κ2) is 5.26. The Morgan fingerprint density at radius 3 is 2.43 bits per heavy atom. The predicted molar refractivity (Wildman–Crippen MR) is 111 cm³/mol. The van der Waals surface area contributed by atoms with Gasteiger partial charge in [0.15, 0.2) is 5.58 Å². The van der Waals surface area contributed by atoms with Crippen LogP contribution >= 0.6 is 0 Å². The zero-order chi connectivity index (χ0) is 19.0. The first-order valence-corrected chi connectivity index (χ1v) is 9.41. The van der Waals surface area contributed by atoms with E-state index >= 15 is 0 Å². The van der Waals surface area contributed by atoms with Crippen LogP contribution in [0.4, 0.5) is 0 Å². The molecule has 0 bridgehead atoms. The number of furan rings is 2. The summed E-state index contributed by atoms with van der Waals surface area (Å²) in [4.78, 5) is 0. The van der Waals surface area contributed by atoms with Crippen molar-refractivity contribution < 1.29 is 13.4 Å². The first-order chi connectivity index (χ1) is 13.6. The third kappa shape index (κ3) is 1.87. The molecule has 6 rings (SSSR count). The van der Waals surface area contributed by atoms with Gasteiger partial charge in [-0.05, 0) is 30.7 Å². The van der Waals surface area contributed by atoms with Crippen molar-refractivity contribution in [1.29, 1.82) is 0 Å². The summed E-state index contributed by atoms with van der Waals surface area (Å²) < 4.78 is 16.9. The maximum Gasteiger partial charge on any atom is 0.292 e. The summed E-state index contributed by atoms with van der Waals surface area (Å²) in [7, 11) is 4.14. The van der Waals surface area contributed by atoms with Gasteiger partial charge >= 0.3 is 0 Å². The van der Waals surface area contributed by atoms with E-state index in [1.165, 1.54) is 5.56 Å². The molecule has 0 aliphatic rings. The molecule has 3 aromatic heterocycles. The van der Waals surface area contributed by atoms with Crippen molar-refractivity contribution in [2.75, 3.05) is 0 Å². The highest BCUT2D eigenvalue weighted by Crippen LogP contribution is 2.42. The second-order valence-electron chi connectivity index (χ2n) is 7.49. The number of hydrogen-bond acceptors (Lipinski definition) is 2. The van der Waals surface area contributed by atoms with Gasteiger partial charge in [-0.3, -0.25) is 0 Å². The molecule has 0 amide bonds. The Labute approximate surface area is 161 Å². The molecule has 0 atom stereocenters. The highest BCUT2D eigenvalue weighted by Gasteiger charge is 2.24. The van der Waals surface area contributed by atoms with Crippen LogP contribution in [0.5, 0.6) is 0 Å². The van der Waals surface area contributed by atoms with Crippen LogP contribution in [0, 0.1) is 6.92 Å². The Balaban J connectivity index is 1.84. The van der Waals surface area contributed by atoms with E-state index in [9.17, 15) is 0 Å². The van der Waals surface area contributed by atoms with Gasteiger partial charge in [0.1, 0.15) is 34.7 Å². The molecule has 6 aromatic rings. The van der Waals surface area contributed by atoms with Crippen LogP contribution in [0.3, 0.4) is 0 Å². The summed E-state index contributed by atoms with van der Waals surface area (Å²) >= 11 is 0. The van der Waals surface area contributed by atoms with Crippen LogP contribution in [-0.2, 0) is 14.1 Å². The van der Waals surface area contributed by atoms with Crippen LogP contribution in [0.1, 0.15) is 5.56 Å². The van der Waals surface area contributed by atoms with Crippen LogP contribution in [0.2, 0.25) is 0 Å². The molecule has 0 saturated heterocycles. The van der Waals surface area contributed by atoms with Gasteiger partial charge in [0.25, 0.3) is 5.82 Å². The van der Waals surface area contributed by atoms with Gasteiger partial charge in [0, 0.05) is 16.2 Å². The molecule has 4 nitrogen and oxygen atoms in total. The molecule has 0 spiro atoms. The quantitative estimate of drug-likeness (QED) is 0.353. The number of nitrogens with zero attached hydrogens (tertiary/aromatic N) is 2. The average molecular weight is 367 g/mol. The van der Waals surface area contributed by atoms with Crippen molar-refractivity contribution in [2.45, 2.75) is 6.92 Å². The minimum absolute atomic E-state index is 0.857. The highest BCUT2D eigenvalue weighted by atomic mass is 16.3. The fraction of sp³-hybridized carbons (Fsp3) is 0.125. The molecular formula is C24H19N2O2+. The second-order valence-corrected chi connectivity index (χ2v) is 7.49. The third-order valence-electron chi connectivity index (χ3n) is 5.76. The number of hydrogen-bond donors (Lipinski definition) is 0. The summed E-state index contributed by atoms with van der Waals surface area (Å²) in [5.41, 5.74) is 5.87. The molecule has 0 fully saturated rings. The number of aromatic nitrogens is 2. The molecule has 136 valence electrons. The summed E-state index contributed by atoms with van der Waals surface area (Å²) in [5, 5.41) is 4.38. The van der Waals surface area contributed by atoms with Gasteiger partial charge in [-0.25, -0.2) is 9.13 Å². The Morgan fingerprint density at radius 2 is 1.61 bits per heavy atom. The van der Waals surface area contributed by atoms with E-state index in [1.54, 1.807) is 0 Å². The van der Waals surface area contributed by atoms with E-state index in [4.69, 9.17) is 8.83 Å². The fourth-order valence-electron chi connectivity index (χ4n) is 4.43. The topological polar surface area (TPSA) is 35.1 Å². The van der Waals surface area contributed by atoms with Crippen LogP contribution in [0.15, 0.2) is 69.8 Å². The maximum atomic E-state index is 6.59. The van der Waals surface area contributed by atoms with Crippen LogP contribution in [-0.4, -0.2) is 4.57 Å². The van der Waals surface area contributed by atoms with Gasteiger partial charge in [0.2, 0.25) is 0 Å². The molecule has 0 radical (unpaired) electrons. The number of fused-ring (bicyclic) bond motifs is 7. The lowest BCUT2D eigenvalue weighted by Gasteiger charge is -2.04. The number of para-hydroxylation sites is 1. The first-order valence-electron chi connectivity index (χ1n) is 9.41. The molecule has 3 aromatic carbocycles. The van der Waals surface area contributed by atoms with Crippen molar-refractivity contribution in [3.8, 4) is 11.4 Å². The molecule has 0 aliphatic carbocycles. The lowest BCUT2D eigenvalue weighted by Crippen LogP contribution is -2.29. The Hall–Kier alpha value is -3.53. The van der Waals surface area contributed by atoms with Crippen molar-refractivity contribution in [2.24, 2.45) is 14.1 Å². The van der Waals surface area contributed by atoms with Gasteiger partial charge < -0.3 is 8.83 Å². The van der Waals surface area contributed by atoms with E-state index < -0.39 is 0 Å². The highest BCUT2D eigenvalue weighted by molar-refractivity contribution is 6.22. The summed E-state index contributed by atoms with van der Waals surface area (Å²) in [5.74, 6) is 1.12.